The molecule has 0 aliphatic carbocycles. The van der Waals surface area contributed by atoms with Gasteiger partial charge in [-0.15, -0.1) is 11.8 Å². The lowest BCUT2D eigenvalue weighted by molar-refractivity contribution is 0.556. The van der Waals surface area contributed by atoms with Gasteiger partial charge in [0.05, 0.1) is 5.02 Å². The van der Waals surface area contributed by atoms with Crippen molar-refractivity contribution in [2.45, 2.75) is 30.4 Å². The molecule has 0 saturated heterocycles. The van der Waals surface area contributed by atoms with Gasteiger partial charge in [-0.1, -0.05) is 61.8 Å². The van der Waals surface area contributed by atoms with Crippen LogP contribution in [0, 0.1) is 5.92 Å². The molecule has 2 aromatic rings. The largest absolute Gasteiger partial charge is 0.119 e. The van der Waals surface area contributed by atoms with Crippen LogP contribution in [0.4, 0.5) is 0 Å². The summed E-state index contributed by atoms with van der Waals surface area (Å²) < 4.78 is 0. The van der Waals surface area contributed by atoms with Crippen LogP contribution in [0.1, 0.15) is 36.5 Å². The highest BCUT2D eigenvalue weighted by Gasteiger charge is 2.27. The Morgan fingerprint density at radius 3 is 2.58 bits per heavy atom. The van der Waals surface area contributed by atoms with Crippen molar-refractivity contribution in [1.82, 2.24) is 0 Å². The molecule has 0 bridgehead atoms. The quantitative estimate of drug-likeness (QED) is 0.645. The summed E-state index contributed by atoms with van der Waals surface area (Å²) in [5, 5.41) is 0.890. The molecule has 1 unspecified atom stereocenters. The van der Waals surface area contributed by atoms with Crippen LogP contribution in [0.3, 0.4) is 0 Å². The fourth-order valence-electron chi connectivity index (χ4n) is 2.93. The number of fused-ring (bicyclic) bond motifs is 2. The summed E-state index contributed by atoms with van der Waals surface area (Å²) in [7, 11) is 0. The van der Waals surface area contributed by atoms with Gasteiger partial charge in [0.2, 0.25) is 0 Å². The summed E-state index contributed by atoms with van der Waals surface area (Å²) in [5.74, 6) is 2.02. The number of halogens is 1. The zero-order valence-electron chi connectivity index (χ0n) is 11.2. The standard InChI is InChI=1S/C17H17ClS/c1-11(2)16-13-7-4-3-6-12(13)10-19-17-14(16)8-5-9-15(17)18/h3-9,11,16H,10H2,1-2H3. The number of hydrogen-bond acceptors (Lipinski definition) is 1. The molecule has 1 atom stereocenters. The van der Waals surface area contributed by atoms with Crippen LogP contribution in [0.25, 0.3) is 0 Å². The molecule has 0 N–H and O–H groups in total. The molecule has 0 aromatic heterocycles. The highest BCUT2D eigenvalue weighted by Crippen LogP contribution is 2.46. The van der Waals surface area contributed by atoms with Crippen molar-refractivity contribution in [3.8, 4) is 0 Å². The van der Waals surface area contributed by atoms with Gasteiger partial charge in [-0.05, 0) is 28.7 Å². The maximum absolute atomic E-state index is 6.41. The zero-order valence-corrected chi connectivity index (χ0v) is 12.8. The van der Waals surface area contributed by atoms with Gasteiger partial charge < -0.3 is 0 Å². The Balaban J connectivity index is 2.24. The third-order valence-corrected chi connectivity index (χ3v) is 5.39. The predicted molar refractivity (Wildman–Crippen MR) is 84.1 cm³/mol. The van der Waals surface area contributed by atoms with Crippen molar-refractivity contribution in [3.63, 3.8) is 0 Å². The lowest BCUT2D eigenvalue weighted by atomic mass is 9.81. The second kappa shape index (κ2) is 5.22. The maximum Gasteiger partial charge on any atom is 0.0544 e. The Kier molecular flexibility index (Phi) is 3.60. The molecule has 0 fully saturated rings. The number of thioether (sulfide) groups is 1. The van der Waals surface area contributed by atoms with E-state index < -0.39 is 0 Å². The van der Waals surface area contributed by atoms with E-state index in [1.165, 1.54) is 21.6 Å². The van der Waals surface area contributed by atoms with E-state index in [0.717, 1.165) is 10.8 Å². The van der Waals surface area contributed by atoms with Gasteiger partial charge in [-0.25, -0.2) is 0 Å². The lowest BCUT2D eigenvalue weighted by Crippen LogP contribution is -2.10. The molecular formula is C17H17ClS. The van der Waals surface area contributed by atoms with Crippen molar-refractivity contribution < 1.29 is 0 Å². The average molecular weight is 289 g/mol. The molecule has 19 heavy (non-hydrogen) atoms. The van der Waals surface area contributed by atoms with Crippen LogP contribution >= 0.6 is 23.4 Å². The number of benzene rings is 2. The smallest absolute Gasteiger partial charge is 0.0544 e. The van der Waals surface area contributed by atoms with E-state index in [9.17, 15) is 0 Å². The molecule has 1 aliphatic heterocycles. The first-order valence-corrected chi connectivity index (χ1v) is 8.04. The van der Waals surface area contributed by atoms with E-state index in [2.05, 4.69) is 50.2 Å². The summed E-state index contributed by atoms with van der Waals surface area (Å²) in [4.78, 5) is 1.26. The molecule has 0 amide bonds. The number of rotatable bonds is 1. The van der Waals surface area contributed by atoms with Gasteiger partial charge in [0.15, 0.2) is 0 Å². The highest BCUT2D eigenvalue weighted by atomic mass is 35.5. The maximum atomic E-state index is 6.41. The second-order valence-electron chi connectivity index (χ2n) is 5.37. The first-order chi connectivity index (χ1) is 9.18. The lowest BCUT2D eigenvalue weighted by Gasteiger charge is -2.24. The minimum Gasteiger partial charge on any atom is -0.119 e. The topological polar surface area (TPSA) is 0 Å². The van der Waals surface area contributed by atoms with E-state index in [1.807, 2.05) is 17.8 Å². The molecule has 0 nitrogen and oxygen atoms in total. The van der Waals surface area contributed by atoms with Crippen molar-refractivity contribution in [2.75, 3.05) is 0 Å². The number of hydrogen-bond donors (Lipinski definition) is 0. The summed E-state index contributed by atoms with van der Waals surface area (Å²) in [6.07, 6.45) is 0. The molecule has 1 heterocycles. The predicted octanol–water partition coefficient (Wildman–Crippen LogP) is 5.73. The third kappa shape index (κ3) is 2.30. The SMILES string of the molecule is CC(C)C1c2ccccc2CSc2c(Cl)cccc21. The van der Waals surface area contributed by atoms with Crippen molar-refractivity contribution in [2.24, 2.45) is 5.92 Å². The highest BCUT2D eigenvalue weighted by molar-refractivity contribution is 7.98. The van der Waals surface area contributed by atoms with E-state index >= 15 is 0 Å². The van der Waals surface area contributed by atoms with Crippen molar-refractivity contribution in [1.29, 1.82) is 0 Å². The van der Waals surface area contributed by atoms with E-state index in [-0.39, 0.29) is 0 Å². The van der Waals surface area contributed by atoms with E-state index in [1.54, 1.807) is 0 Å². The molecular weight excluding hydrogens is 272 g/mol. The van der Waals surface area contributed by atoms with Crippen LogP contribution in [-0.2, 0) is 5.75 Å². The van der Waals surface area contributed by atoms with Gasteiger partial charge in [0, 0.05) is 16.6 Å². The van der Waals surface area contributed by atoms with Crippen LogP contribution < -0.4 is 0 Å². The molecule has 3 rings (SSSR count). The Morgan fingerprint density at radius 1 is 1.05 bits per heavy atom. The minimum absolute atomic E-state index is 0.444. The molecule has 2 aromatic carbocycles. The Labute approximate surface area is 124 Å². The van der Waals surface area contributed by atoms with Gasteiger partial charge in [-0.3, -0.25) is 0 Å². The average Bonchev–Trinajstić information content (AvgIpc) is 2.56. The first-order valence-electron chi connectivity index (χ1n) is 6.67. The Bertz CT molecular complexity index is 604. The monoisotopic (exact) mass is 288 g/mol. The van der Waals surface area contributed by atoms with Crippen LogP contribution in [0.2, 0.25) is 5.02 Å². The summed E-state index contributed by atoms with van der Waals surface area (Å²) in [6.45, 7) is 4.59. The van der Waals surface area contributed by atoms with Gasteiger partial charge >= 0.3 is 0 Å². The molecule has 0 saturated carbocycles. The van der Waals surface area contributed by atoms with Crippen molar-refractivity contribution >= 4 is 23.4 Å². The molecule has 2 heteroatoms. The third-order valence-electron chi connectivity index (χ3n) is 3.76. The summed E-state index contributed by atoms with van der Waals surface area (Å²) >= 11 is 8.27. The molecule has 0 spiro atoms. The first kappa shape index (κ1) is 13.1. The molecule has 98 valence electrons. The fourth-order valence-corrected chi connectivity index (χ4v) is 4.40. The van der Waals surface area contributed by atoms with Crippen molar-refractivity contribution in [3.05, 3.63) is 64.2 Å². The van der Waals surface area contributed by atoms with Crippen LogP contribution in [-0.4, -0.2) is 0 Å². The zero-order chi connectivity index (χ0) is 13.4. The van der Waals surface area contributed by atoms with Crippen LogP contribution in [0.5, 0.6) is 0 Å². The molecule has 0 radical (unpaired) electrons. The normalized spacial score (nSPS) is 17.8. The summed E-state index contributed by atoms with van der Waals surface area (Å²) in [5.41, 5.74) is 4.29. The summed E-state index contributed by atoms with van der Waals surface area (Å²) in [6, 6.07) is 15.1. The second-order valence-corrected chi connectivity index (χ2v) is 6.76. The van der Waals surface area contributed by atoms with Crippen LogP contribution in [0.15, 0.2) is 47.4 Å². The van der Waals surface area contributed by atoms with E-state index in [4.69, 9.17) is 11.6 Å². The fraction of sp³-hybridized carbons (Fsp3) is 0.294. The van der Waals surface area contributed by atoms with E-state index in [0.29, 0.717) is 11.8 Å². The van der Waals surface area contributed by atoms with Gasteiger partial charge in [-0.2, -0.15) is 0 Å². The Hall–Kier alpha value is -0.920. The van der Waals surface area contributed by atoms with Gasteiger partial charge in [0.1, 0.15) is 0 Å². The molecule has 1 aliphatic rings. The minimum atomic E-state index is 0.444. The Morgan fingerprint density at radius 2 is 1.79 bits per heavy atom. The van der Waals surface area contributed by atoms with Gasteiger partial charge in [0.25, 0.3) is 0 Å².